The Kier molecular flexibility index (Phi) is 4.98. The Balaban J connectivity index is 1.43. The highest BCUT2D eigenvalue weighted by atomic mass is 35.5. The normalized spacial score (nSPS) is 19.8. The quantitative estimate of drug-likeness (QED) is 0.749. The monoisotopic (exact) mass is 414 g/mol. The summed E-state index contributed by atoms with van der Waals surface area (Å²) in [6.45, 7) is 0.922. The molecule has 0 spiro atoms. The second kappa shape index (κ2) is 7.11. The van der Waals surface area contributed by atoms with Crippen LogP contribution < -0.4 is 0 Å². The molecule has 0 amide bonds. The maximum Gasteiger partial charge on any atom is 0.244 e. The zero-order valence-electron chi connectivity index (χ0n) is 14.2. The summed E-state index contributed by atoms with van der Waals surface area (Å²) < 4.78 is 29.2. The summed E-state index contributed by atoms with van der Waals surface area (Å²) in [5.41, 5.74) is 0. The van der Waals surface area contributed by atoms with Gasteiger partial charge in [-0.05, 0) is 37.0 Å². The van der Waals surface area contributed by atoms with Crippen molar-refractivity contribution >= 4 is 33.2 Å². The number of benzene rings is 1. The second-order valence-electron chi connectivity index (χ2n) is 7.06. The molecule has 6 nitrogen and oxygen atoms in total. The van der Waals surface area contributed by atoms with Crippen LogP contribution in [0.1, 0.15) is 37.5 Å². The molecule has 140 valence electrons. The molecule has 2 heterocycles. The number of hydrogen-bond acceptors (Lipinski definition) is 4. The summed E-state index contributed by atoms with van der Waals surface area (Å²) in [5.74, 6) is 1.20. The Labute approximate surface area is 163 Å². The van der Waals surface area contributed by atoms with Gasteiger partial charge in [-0.15, -0.1) is 10.2 Å². The molecule has 2 fully saturated rings. The third-order valence-electron chi connectivity index (χ3n) is 5.27. The van der Waals surface area contributed by atoms with E-state index in [4.69, 9.17) is 23.2 Å². The van der Waals surface area contributed by atoms with Gasteiger partial charge in [-0.25, -0.2) is 8.42 Å². The second-order valence-corrected chi connectivity index (χ2v) is 9.81. The predicted molar refractivity (Wildman–Crippen MR) is 99.9 cm³/mol. The van der Waals surface area contributed by atoms with Crippen LogP contribution in [0.4, 0.5) is 0 Å². The number of sulfonamides is 1. The van der Waals surface area contributed by atoms with E-state index in [1.165, 1.54) is 42.1 Å². The first-order valence-corrected chi connectivity index (χ1v) is 11.0. The van der Waals surface area contributed by atoms with Crippen LogP contribution in [0.3, 0.4) is 0 Å². The molecule has 2 aromatic rings. The van der Waals surface area contributed by atoms with E-state index in [0.717, 1.165) is 12.2 Å². The number of halogens is 2. The lowest BCUT2D eigenvalue weighted by Crippen LogP contribution is -2.50. The van der Waals surface area contributed by atoms with Gasteiger partial charge in [0.1, 0.15) is 17.0 Å². The Bertz CT molecular complexity index is 903. The Morgan fingerprint density at radius 3 is 2.62 bits per heavy atom. The standard InChI is InChI=1S/C17H20Cl2N4O2S/c18-13-5-6-15(19)16(8-13)26(24,25)22-9-12(10-22)7-17-21-20-11-23(17)14-3-1-2-4-14/h5-6,8,11-12,14H,1-4,7,9-10H2. The van der Waals surface area contributed by atoms with Gasteiger partial charge in [-0.1, -0.05) is 36.0 Å². The van der Waals surface area contributed by atoms with Crippen LogP contribution in [0.5, 0.6) is 0 Å². The van der Waals surface area contributed by atoms with Gasteiger partial charge in [0.25, 0.3) is 0 Å². The molecule has 2 aliphatic rings. The molecule has 26 heavy (non-hydrogen) atoms. The number of hydrogen-bond donors (Lipinski definition) is 0. The van der Waals surface area contributed by atoms with Crippen molar-refractivity contribution in [3.63, 3.8) is 0 Å². The average Bonchev–Trinajstić information content (AvgIpc) is 3.22. The molecular weight excluding hydrogens is 395 g/mol. The fourth-order valence-electron chi connectivity index (χ4n) is 3.82. The Morgan fingerprint density at radius 2 is 1.88 bits per heavy atom. The molecule has 1 saturated heterocycles. The molecule has 0 bridgehead atoms. The minimum atomic E-state index is -3.62. The van der Waals surface area contributed by atoms with Crippen LogP contribution in [0, 0.1) is 5.92 Å². The van der Waals surface area contributed by atoms with Gasteiger partial charge in [-0.2, -0.15) is 4.31 Å². The first-order chi connectivity index (χ1) is 12.4. The van der Waals surface area contributed by atoms with Gasteiger partial charge < -0.3 is 4.57 Å². The van der Waals surface area contributed by atoms with Crippen molar-refractivity contribution in [1.82, 2.24) is 19.1 Å². The van der Waals surface area contributed by atoms with Crippen molar-refractivity contribution < 1.29 is 8.42 Å². The van der Waals surface area contributed by atoms with Gasteiger partial charge in [0.05, 0.1) is 5.02 Å². The maximum atomic E-state index is 12.8. The molecule has 0 N–H and O–H groups in total. The molecule has 1 aliphatic carbocycles. The first kappa shape index (κ1) is 18.2. The summed E-state index contributed by atoms with van der Waals surface area (Å²) >= 11 is 12.0. The van der Waals surface area contributed by atoms with Crippen LogP contribution in [-0.4, -0.2) is 40.6 Å². The summed E-state index contributed by atoms with van der Waals surface area (Å²) in [6, 6.07) is 4.99. The highest BCUT2D eigenvalue weighted by molar-refractivity contribution is 7.89. The molecular formula is C17H20Cl2N4O2S. The fraction of sp³-hybridized carbons (Fsp3) is 0.529. The lowest BCUT2D eigenvalue weighted by atomic mass is 9.99. The molecule has 0 radical (unpaired) electrons. The van der Waals surface area contributed by atoms with Crippen LogP contribution >= 0.6 is 23.2 Å². The predicted octanol–water partition coefficient (Wildman–Crippen LogP) is 3.56. The van der Waals surface area contributed by atoms with Gasteiger partial charge in [0.15, 0.2) is 0 Å². The Hall–Kier alpha value is -1.15. The first-order valence-electron chi connectivity index (χ1n) is 8.79. The van der Waals surface area contributed by atoms with Crippen molar-refractivity contribution in [2.75, 3.05) is 13.1 Å². The fourth-order valence-corrected chi connectivity index (χ4v) is 6.15. The molecule has 1 saturated carbocycles. The van der Waals surface area contributed by atoms with Crippen LogP contribution in [0.15, 0.2) is 29.4 Å². The molecule has 4 rings (SSSR count). The molecule has 0 unspecified atom stereocenters. The highest BCUT2D eigenvalue weighted by Crippen LogP contribution is 2.34. The number of rotatable bonds is 5. The SMILES string of the molecule is O=S(=O)(c1cc(Cl)ccc1Cl)N1CC(Cc2nncn2C2CCCC2)C1. The summed E-state index contributed by atoms with van der Waals surface area (Å²) in [7, 11) is -3.62. The summed E-state index contributed by atoms with van der Waals surface area (Å²) in [6.07, 6.45) is 7.39. The zero-order chi connectivity index (χ0) is 18.3. The van der Waals surface area contributed by atoms with Gasteiger partial charge >= 0.3 is 0 Å². The van der Waals surface area contributed by atoms with E-state index < -0.39 is 10.0 Å². The Morgan fingerprint density at radius 1 is 1.15 bits per heavy atom. The highest BCUT2D eigenvalue weighted by Gasteiger charge is 2.38. The third-order valence-corrected chi connectivity index (χ3v) is 7.82. The average molecular weight is 415 g/mol. The van der Waals surface area contributed by atoms with E-state index in [1.807, 2.05) is 6.33 Å². The van der Waals surface area contributed by atoms with Gasteiger partial charge in [0.2, 0.25) is 10.0 Å². The van der Waals surface area contributed by atoms with E-state index in [-0.39, 0.29) is 15.8 Å². The van der Waals surface area contributed by atoms with Crippen molar-refractivity contribution in [3.8, 4) is 0 Å². The summed E-state index contributed by atoms with van der Waals surface area (Å²) in [4.78, 5) is 0.0687. The minimum absolute atomic E-state index is 0.0687. The van der Waals surface area contributed by atoms with E-state index in [9.17, 15) is 8.42 Å². The van der Waals surface area contributed by atoms with Crippen molar-refractivity contribution in [2.24, 2.45) is 5.92 Å². The van der Waals surface area contributed by atoms with Crippen LogP contribution in [0.25, 0.3) is 0 Å². The van der Waals surface area contributed by atoms with Crippen LogP contribution in [0.2, 0.25) is 10.0 Å². The zero-order valence-corrected chi connectivity index (χ0v) is 16.5. The van der Waals surface area contributed by atoms with E-state index >= 15 is 0 Å². The lowest BCUT2D eigenvalue weighted by molar-refractivity contribution is 0.195. The van der Waals surface area contributed by atoms with Crippen LogP contribution in [-0.2, 0) is 16.4 Å². The van der Waals surface area contributed by atoms with Gasteiger partial charge in [0, 0.05) is 30.6 Å². The summed E-state index contributed by atoms with van der Waals surface area (Å²) in [5, 5.41) is 8.87. The van der Waals surface area contributed by atoms with Crippen molar-refractivity contribution in [1.29, 1.82) is 0 Å². The third kappa shape index (κ3) is 3.38. The maximum absolute atomic E-state index is 12.8. The largest absolute Gasteiger partial charge is 0.314 e. The van der Waals surface area contributed by atoms with Gasteiger partial charge in [-0.3, -0.25) is 0 Å². The van der Waals surface area contributed by atoms with E-state index in [1.54, 1.807) is 6.07 Å². The molecule has 9 heteroatoms. The molecule has 0 atom stereocenters. The van der Waals surface area contributed by atoms with Crippen molar-refractivity contribution in [2.45, 2.75) is 43.0 Å². The minimum Gasteiger partial charge on any atom is -0.314 e. The molecule has 1 aromatic heterocycles. The number of aromatic nitrogens is 3. The van der Waals surface area contributed by atoms with Crippen molar-refractivity contribution in [3.05, 3.63) is 40.4 Å². The molecule has 1 aliphatic heterocycles. The number of nitrogens with zero attached hydrogens (tertiary/aromatic N) is 4. The van der Waals surface area contributed by atoms with E-state index in [0.29, 0.717) is 24.2 Å². The molecule has 1 aromatic carbocycles. The lowest BCUT2D eigenvalue weighted by Gasteiger charge is -2.38. The smallest absolute Gasteiger partial charge is 0.244 e. The topological polar surface area (TPSA) is 68.1 Å². The van der Waals surface area contributed by atoms with E-state index in [2.05, 4.69) is 14.8 Å².